The molecule has 2 heterocycles. The van der Waals surface area contributed by atoms with Crippen LogP contribution in [0.15, 0.2) is 22.6 Å². The van der Waals surface area contributed by atoms with Gasteiger partial charge in [-0.1, -0.05) is 0 Å². The molecule has 18 heavy (non-hydrogen) atoms. The van der Waals surface area contributed by atoms with E-state index in [2.05, 4.69) is 9.88 Å². The molecule has 3 rings (SSSR count). The van der Waals surface area contributed by atoms with Crippen molar-refractivity contribution in [1.29, 1.82) is 0 Å². The Hall–Kier alpha value is -1.40. The SMILES string of the molecule is Nc1ccc2oc(CN3CCS(=O)CC3)nc2c1. The summed E-state index contributed by atoms with van der Waals surface area (Å²) >= 11 is 0. The van der Waals surface area contributed by atoms with E-state index in [-0.39, 0.29) is 0 Å². The summed E-state index contributed by atoms with van der Waals surface area (Å²) in [6.45, 7) is 2.35. The van der Waals surface area contributed by atoms with Gasteiger partial charge in [0, 0.05) is 41.1 Å². The number of nitrogen functional groups attached to an aromatic ring is 1. The molecule has 1 aliphatic heterocycles. The van der Waals surface area contributed by atoms with Crippen LogP contribution in [0.2, 0.25) is 0 Å². The van der Waals surface area contributed by atoms with Crippen molar-refractivity contribution in [2.45, 2.75) is 6.54 Å². The van der Waals surface area contributed by atoms with Crippen molar-refractivity contribution in [3.8, 4) is 0 Å². The largest absolute Gasteiger partial charge is 0.439 e. The van der Waals surface area contributed by atoms with Gasteiger partial charge >= 0.3 is 0 Å². The van der Waals surface area contributed by atoms with Crippen LogP contribution in [0.3, 0.4) is 0 Å². The molecule has 0 bridgehead atoms. The summed E-state index contributed by atoms with van der Waals surface area (Å²) in [7, 11) is -0.646. The maximum Gasteiger partial charge on any atom is 0.209 e. The predicted octanol–water partition coefficient (Wildman–Crippen LogP) is 0.974. The van der Waals surface area contributed by atoms with Crippen molar-refractivity contribution >= 4 is 27.6 Å². The molecule has 1 saturated heterocycles. The van der Waals surface area contributed by atoms with Crippen LogP contribution in [0.1, 0.15) is 5.89 Å². The molecule has 1 aromatic carbocycles. The lowest BCUT2D eigenvalue weighted by Gasteiger charge is -2.24. The molecule has 96 valence electrons. The summed E-state index contributed by atoms with van der Waals surface area (Å²) in [4.78, 5) is 6.64. The average Bonchev–Trinajstić information content (AvgIpc) is 2.73. The number of oxazole rings is 1. The fourth-order valence-corrected chi connectivity index (χ4v) is 3.21. The summed E-state index contributed by atoms with van der Waals surface area (Å²) in [5.74, 6) is 2.18. The van der Waals surface area contributed by atoms with Crippen molar-refractivity contribution in [2.24, 2.45) is 0 Å². The molecule has 1 aromatic heterocycles. The molecular formula is C12H15N3O2S. The number of rotatable bonds is 2. The molecule has 0 saturated carbocycles. The minimum atomic E-state index is -0.646. The number of aromatic nitrogens is 1. The molecule has 0 unspecified atom stereocenters. The number of anilines is 1. The predicted molar refractivity (Wildman–Crippen MR) is 71.6 cm³/mol. The molecule has 2 N–H and O–H groups in total. The van der Waals surface area contributed by atoms with Crippen LogP contribution in [-0.4, -0.2) is 38.7 Å². The first-order chi connectivity index (χ1) is 8.70. The van der Waals surface area contributed by atoms with Gasteiger partial charge in [-0.3, -0.25) is 9.11 Å². The van der Waals surface area contributed by atoms with E-state index < -0.39 is 10.8 Å². The van der Waals surface area contributed by atoms with Crippen LogP contribution in [0.25, 0.3) is 11.1 Å². The molecule has 0 amide bonds. The second-order valence-corrected chi connectivity index (χ2v) is 6.16. The molecule has 0 spiro atoms. The fourth-order valence-electron chi connectivity index (χ4n) is 2.08. The summed E-state index contributed by atoms with van der Waals surface area (Å²) < 4.78 is 16.9. The summed E-state index contributed by atoms with van der Waals surface area (Å²) in [6, 6.07) is 5.46. The zero-order chi connectivity index (χ0) is 12.5. The van der Waals surface area contributed by atoms with E-state index in [0.717, 1.165) is 35.7 Å². The van der Waals surface area contributed by atoms with Crippen LogP contribution in [0.4, 0.5) is 5.69 Å². The van der Waals surface area contributed by atoms with Gasteiger partial charge in [-0.05, 0) is 18.2 Å². The normalized spacial score (nSPS) is 18.4. The fraction of sp³-hybridized carbons (Fsp3) is 0.417. The lowest BCUT2D eigenvalue weighted by Crippen LogP contribution is -2.37. The minimum Gasteiger partial charge on any atom is -0.439 e. The van der Waals surface area contributed by atoms with Crippen molar-refractivity contribution < 1.29 is 8.63 Å². The van der Waals surface area contributed by atoms with Crippen LogP contribution >= 0.6 is 0 Å². The van der Waals surface area contributed by atoms with E-state index in [1.165, 1.54) is 0 Å². The van der Waals surface area contributed by atoms with E-state index in [4.69, 9.17) is 10.2 Å². The summed E-state index contributed by atoms with van der Waals surface area (Å²) in [6.07, 6.45) is 0. The maximum atomic E-state index is 11.3. The van der Waals surface area contributed by atoms with Crippen LogP contribution in [0.5, 0.6) is 0 Å². The standard InChI is InChI=1S/C12H15N3O2S/c13-9-1-2-11-10(7-9)14-12(17-11)8-15-3-5-18(16)6-4-15/h1-2,7H,3-6,8,13H2. The van der Waals surface area contributed by atoms with Crippen LogP contribution in [-0.2, 0) is 17.3 Å². The van der Waals surface area contributed by atoms with Crippen molar-refractivity contribution in [1.82, 2.24) is 9.88 Å². The molecule has 2 aromatic rings. The molecular weight excluding hydrogens is 250 g/mol. The number of nitrogens with two attached hydrogens (primary N) is 1. The molecule has 5 nitrogen and oxygen atoms in total. The van der Waals surface area contributed by atoms with E-state index in [9.17, 15) is 4.21 Å². The van der Waals surface area contributed by atoms with Gasteiger partial charge in [-0.2, -0.15) is 0 Å². The number of hydrogen-bond acceptors (Lipinski definition) is 5. The number of fused-ring (bicyclic) bond motifs is 1. The Morgan fingerprint density at radius 2 is 2.17 bits per heavy atom. The number of benzene rings is 1. The Bertz CT molecular complexity index is 586. The molecule has 0 radical (unpaired) electrons. The minimum absolute atomic E-state index is 0.646. The summed E-state index contributed by atoms with van der Waals surface area (Å²) in [5, 5.41) is 0. The Morgan fingerprint density at radius 3 is 2.94 bits per heavy atom. The van der Waals surface area contributed by atoms with Crippen molar-refractivity contribution in [3.05, 3.63) is 24.1 Å². The first kappa shape index (κ1) is 11.7. The average molecular weight is 265 g/mol. The zero-order valence-electron chi connectivity index (χ0n) is 9.96. The quantitative estimate of drug-likeness (QED) is 0.819. The molecule has 1 aliphatic rings. The summed E-state index contributed by atoms with van der Waals surface area (Å²) in [5.41, 5.74) is 7.96. The van der Waals surface area contributed by atoms with E-state index in [1.807, 2.05) is 12.1 Å². The topological polar surface area (TPSA) is 72.4 Å². The van der Waals surface area contributed by atoms with Crippen molar-refractivity contribution in [3.63, 3.8) is 0 Å². The molecule has 0 aliphatic carbocycles. The highest BCUT2D eigenvalue weighted by molar-refractivity contribution is 7.85. The van der Waals surface area contributed by atoms with Gasteiger partial charge in [0.15, 0.2) is 5.58 Å². The lowest BCUT2D eigenvalue weighted by molar-refractivity contribution is 0.263. The highest BCUT2D eigenvalue weighted by Crippen LogP contribution is 2.19. The third-order valence-corrected chi connectivity index (χ3v) is 4.36. The van der Waals surface area contributed by atoms with Gasteiger partial charge in [0.2, 0.25) is 5.89 Å². The van der Waals surface area contributed by atoms with Gasteiger partial charge in [-0.25, -0.2) is 4.98 Å². The number of hydrogen-bond donors (Lipinski definition) is 1. The Labute approximate surface area is 107 Å². The van der Waals surface area contributed by atoms with Crippen LogP contribution < -0.4 is 5.73 Å². The van der Waals surface area contributed by atoms with Gasteiger partial charge in [0.1, 0.15) is 5.52 Å². The highest BCUT2D eigenvalue weighted by atomic mass is 32.2. The third kappa shape index (κ3) is 2.39. The Balaban J connectivity index is 1.76. The van der Waals surface area contributed by atoms with E-state index in [1.54, 1.807) is 6.07 Å². The second-order valence-electron chi connectivity index (χ2n) is 4.46. The molecule has 1 fully saturated rings. The third-order valence-electron chi connectivity index (χ3n) is 3.09. The Kier molecular flexibility index (Phi) is 3.05. The monoisotopic (exact) mass is 265 g/mol. The van der Waals surface area contributed by atoms with Crippen molar-refractivity contribution in [2.75, 3.05) is 30.3 Å². The second kappa shape index (κ2) is 4.70. The smallest absolute Gasteiger partial charge is 0.209 e. The molecule has 0 atom stereocenters. The zero-order valence-corrected chi connectivity index (χ0v) is 10.8. The van der Waals surface area contributed by atoms with Gasteiger partial charge < -0.3 is 10.2 Å². The molecule has 6 heteroatoms. The van der Waals surface area contributed by atoms with E-state index >= 15 is 0 Å². The number of nitrogens with zero attached hydrogens (tertiary/aromatic N) is 2. The highest BCUT2D eigenvalue weighted by Gasteiger charge is 2.17. The lowest BCUT2D eigenvalue weighted by atomic mass is 10.3. The van der Waals surface area contributed by atoms with Gasteiger partial charge in [0.05, 0.1) is 6.54 Å². The Morgan fingerprint density at radius 1 is 1.39 bits per heavy atom. The van der Waals surface area contributed by atoms with E-state index in [0.29, 0.717) is 18.1 Å². The maximum absolute atomic E-state index is 11.3. The first-order valence-corrected chi connectivity index (χ1v) is 7.42. The van der Waals surface area contributed by atoms with Gasteiger partial charge in [0.25, 0.3) is 0 Å². The van der Waals surface area contributed by atoms with Gasteiger partial charge in [-0.15, -0.1) is 0 Å². The van der Waals surface area contributed by atoms with Crippen LogP contribution in [0, 0.1) is 0 Å². The first-order valence-electron chi connectivity index (χ1n) is 5.93.